The number of anilines is 2. The van der Waals surface area contributed by atoms with Crippen molar-refractivity contribution in [3.05, 3.63) is 71.3 Å². The molecule has 0 saturated carbocycles. The van der Waals surface area contributed by atoms with Crippen molar-refractivity contribution < 1.29 is 41.7 Å². The zero-order valence-electron chi connectivity index (χ0n) is 20.3. The van der Waals surface area contributed by atoms with Crippen LogP contribution >= 0.6 is 0 Å². The van der Waals surface area contributed by atoms with E-state index in [4.69, 9.17) is 9.47 Å². The van der Waals surface area contributed by atoms with E-state index in [1.807, 2.05) is 0 Å². The second-order valence-corrected chi connectivity index (χ2v) is 8.73. The predicted molar refractivity (Wildman–Crippen MR) is 130 cm³/mol. The fourth-order valence-electron chi connectivity index (χ4n) is 3.39. The van der Waals surface area contributed by atoms with Crippen molar-refractivity contribution >= 4 is 28.8 Å². The number of nitrogens with one attached hydrogen (secondary N) is 2. The minimum atomic E-state index is -4.80. The Balaban J connectivity index is 1.75. The molecule has 2 aromatic rings. The van der Waals surface area contributed by atoms with E-state index in [9.17, 15) is 32.3 Å². The summed E-state index contributed by atoms with van der Waals surface area (Å²) in [6.07, 6.45) is -1.55. The zero-order chi connectivity index (χ0) is 27.4. The second kappa shape index (κ2) is 11.0. The Labute approximate surface area is 210 Å². The van der Waals surface area contributed by atoms with E-state index in [1.54, 1.807) is 13.0 Å². The van der Waals surface area contributed by atoms with E-state index in [1.165, 1.54) is 38.1 Å². The third-order valence-electron chi connectivity index (χ3n) is 5.23. The predicted octanol–water partition coefficient (Wildman–Crippen LogP) is 5.91. The largest absolute Gasteiger partial charge is 0.490 e. The normalized spacial score (nSPS) is 14.0. The number of aliphatic hydroxyl groups is 1. The Morgan fingerprint density at radius 3 is 2.46 bits per heavy atom. The molecule has 0 radical (unpaired) electrons. The second-order valence-electron chi connectivity index (χ2n) is 8.73. The molecule has 1 aliphatic carbocycles. The number of urea groups is 1. The zero-order valence-corrected chi connectivity index (χ0v) is 20.3. The lowest BCUT2D eigenvalue weighted by molar-refractivity contribution is -0.140. The molecule has 0 fully saturated rings. The maximum atomic E-state index is 14.7. The van der Waals surface area contributed by atoms with Crippen LogP contribution in [0.2, 0.25) is 0 Å². The molecule has 2 amide bonds. The van der Waals surface area contributed by atoms with Crippen LogP contribution in [0.3, 0.4) is 0 Å². The van der Waals surface area contributed by atoms with Gasteiger partial charge in [-0.15, -0.1) is 0 Å². The Kier molecular flexibility index (Phi) is 8.27. The van der Waals surface area contributed by atoms with Crippen LogP contribution in [0.25, 0.3) is 5.57 Å². The van der Waals surface area contributed by atoms with Gasteiger partial charge in [-0.05, 0) is 68.3 Å². The number of aliphatic hydroxyl groups excluding tert-OH is 1. The highest BCUT2D eigenvalue weighted by molar-refractivity contribution is 6.02. The number of benzene rings is 2. The van der Waals surface area contributed by atoms with Crippen LogP contribution in [0, 0.1) is 5.82 Å². The summed E-state index contributed by atoms with van der Waals surface area (Å²) in [5, 5.41) is 13.8. The molecule has 0 atom stereocenters. The van der Waals surface area contributed by atoms with Gasteiger partial charge in [0.15, 0.2) is 5.76 Å². The van der Waals surface area contributed by atoms with Crippen molar-refractivity contribution in [3.8, 4) is 5.75 Å². The third kappa shape index (κ3) is 7.10. The number of halogens is 4. The minimum Gasteiger partial charge on any atom is -0.490 e. The van der Waals surface area contributed by atoms with Gasteiger partial charge in [-0.25, -0.2) is 9.18 Å². The van der Waals surface area contributed by atoms with Crippen molar-refractivity contribution in [1.29, 1.82) is 0 Å². The van der Waals surface area contributed by atoms with Gasteiger partial charge >= 0.3 is 12.2 Å². The topological polar surface area (TPSA) is 96.9 Å². The van der Waals surface area contributed by atoms with Crippen LogP contribution < -0.4 is 15.4 Å². The molecule has 0 aromatic heterocycles. The van der Waals surface area contributed by atoms with Gasteiger partial charge in [-0.1, -0.05) is 12.1 Å². The molecule has 198 valence electrons. The maximum absolute atomic E-state index is 14.7. The summed E-state index contributed by atoms with van der Waals surface area (Å²) < 4.78 is 66.0. The van der Waals surface area contributed by atoms with Gasteiger partial charge in [-0.2, -0.15) is 13.2 Å². The molecular formula is C26H26F4N2O5. The molecule has 0 saturated heterocycles. The number of Topliss-reactive ketones (excluding diaryl/α,β-unsaturated/α-hetero) is 1. The summed E-state index contributed by atoms with van der Waals surface area (Å²) >= 11 is 0. The first-order chi connectivity index (χ1) is 17.3. The van der Waals surface area contributed by atoms with Crippen LogP contribution in [0.15, 0.2) is 54.3 Å². The molecule has 0 unspecified atom stereocenters. The van der Waals surface area contributed by atoms with E-state index in [2.05, 4.69) is 10.6 Å². The summed E-state index contributed by atoms with van der Waals surface area (Å²) in [7, 11) is 0. The summed E-state index contributed by atoms with van der Waals surface area (Å²) in [6, 6.07) is 5.91. The van der Waals surface area contributed by atoms with Gasteiger partial charge in [0.2, 0.25) is 5.78 Å². The number of ether oxygens (including phenoxy) is 2. The van der Waals surface area contributed by atoms with Gasteiger partial charge < -0.3 is 25.2 Å². The molecule has 3 N–H and O–H groups in total. The highest BCUT2D eigenvalue weighted by atomic mass is 19.4. The van der Waals surface area contributed by atoms with Gasteiger partial charge in [0.05, 0.1) is 24.5 Å². The van der Waals surface area contributed by atoms with Crippen molar-refractivity contribution in [1.82, 2.24) is 0 Å². The standard InChI is InChI=1S/C26H26F4N2O5/c1-4-36-23-12-16(6-9-21(23)34)15-5-8-20(19(27)11-15)32-24(35)31-17-7-10-22(37-25(2,3)14-33)18(13-17)26(28,29)30/h5-8,10-13,33H,4,9,14H2,1-3H3,(H2,31,32,35). The van der Waals surface area contributed by atoms with Crippen LogP contribution in [0.5, 0.6) is 5.75 Å². The molecule has 0 spiro atoms. The monoisotopic (exact) mass is 522 g/mol. The molecule has 0 aliphatic heterocycles. The van der Waals surface area contributed by atoms with E-state index in [0.717, 1.165) is 12.1 Å². The Morgan fingerprint density at radius 1 is 1.11 bits per heavy atom. The molecule has 1 aliphatic rings. The lowest BCUT2D eigenvalue weighted by Gasteiger charge is -2.26. The number of rotatable bonds is 8. The minimum absolute atomic E-state index is 0.104. The van der Waals surface area contributed by atoms with Crippen molar-refractivity contribution in [2.24, 2.45) is 0 Å². The van der Waals surface area contributed by atoms with E-state index >= 15 is 0 Å². The van der Waals surface area contributed by atoms with Gasteiger partial charge in [0, 0.05) is 12.1 Å². The third-order valence-corrected chi connectivity index (χ3v) is 5.23. The molecule has 37 heavy (non-hydrogen) atoms. The number of hydrogen-bond donors (Lipinski definition) is 3. The first-order valence-electron chi connectivity index (χ1n) is 11.3. The number of allylic oxidation sites excluding steroid dienone is 4. The number of alkyl halides is 3. The molecule has 2 aromatic carbocycles. The lowest BCUT2D eigenvalue weighted by Crippen LogP contribution is -2.33. The summed E-state index contributed by atoms with van der Waals surface area (Å²) in [6.45, 7) is 4.37. The molecule has 3 rings (SSSR count). The molecule has 11 heteroatoms. The fraction of sp³-hybridized carbons (Fsp3) is 0.308. The highest BCUT2D eigenvalue weighted by Gasteiger charge is 2.36. The number of ketones is 1. The van der Waals surface area contributed by atoms with Crippen molar-refractivity contribution in [3.63, 3.8) is 0 Å². The Hall–Kier alpha value is -3.86. The quantitative estimate of drug-likeness (QED) is 0.375. The van der Waals surface area contributed by atoms with Crippen LogP contribution in [0.4, 0.5) is 33.7 Å². The van der Waals surface area contributed by atoms with E-state index in [0.29, 0.717) is 23.8 Å². The van der Waals surface area contributed by atoms with Crippen LogP contribution in [-0.4, -0.2) is 35.7 Å². The van der Waals surface area contributed by atoms with Gasteiger partial charge in [-0.3, -0.25) is 4.79 Å². The van der Waals surface area contributed by atoms with E-state index in [-0.39, 0.29) is 29.3 Å². The van der Waals surface area contributed by atoms with Crippen molar-refractivity contribution in [2.45, 2.75) is 39.0 Å². The highest BCUT2D eigenvalue weighted by Crippen LogP contribution is 2.39. The SMILES string of the molecule is CCOC1=CC(c2ccc(NC(=O)Nc3ccc(OC(C)(C)CO)c(C(F)(F)F)c3)c(F)c2)=CCC1=O. The van der Waals surface area contributed by atoms with Gasteiger partial charge in [0.25, 0.3) is 0 Å². The summed E-state index contributed by atoms with van der Waals surface area (Å²) in [5.74, 6) is -1.31. The summed E-state index contributed by atoms with van der Waals surface area (Å²) in [5.41, 5.74) is -1.81. The Bertz CT molecular complexity index is 1250. The fourth-order valence-corrected chi connectivity index (χ4v) is 3.39. The lowest BCUT2D eigenvalue weighted by atomic mass is 9.97. The summed E-state index contributed by atoms with van der Waals surface area (Å²) in [4.78, 5) is 24.3. The Morgan fingerprint density at radius 2 is 1.84 bits per heavy atom. The number of hydrogen-bond acceptors (Lipinski definition) is 5. The maximum Gasteiger partial charge on any atom is 0.420 e. The average Bonchev–Trinajstić information content (AvgIpc) is 2.82. The molecule has 0 bridgehead atoms. The average molecular weight is 522 g/mol. The van der Waals surface area contributed by atoms with E-state index < -0.39 is 41.5 Å². The van der Waals surface area contributed by atoms with Crippen LogP contribution in [-0.2, 0) is 15.7 Å². The molecule has 7 nitrogen and oxygen atoms in total. The van der Waals surface area contributed by atoms with Gasteiger partial charge in [0.1, 0.15) is 17.2 Å². The molecular weight excluding hydrogens is 496 g/mol. The number of amides is 2. The number of carbonyl (C=O) groups excluding carboxylic acids is 2. The smallest absolute Gasteiger partial charge is 0.420 e. The first kappa shape index (κ1) is 27.7. The van der Waals surface area contributed by atoms with Crippen LogP contribution in [0.1, 0.15) is 38.3 Å². The molecule has 0 heterocycles. The van der Waals surface area contributed by atoms with Crippen molar-refractivity contribution in [2.75, 3.05) is 23.8 Å². The first-order valence-corrected chi connectivity index (χ1v) is 11.3. The number of carbonyl (C=O) groups is 2.